The van der Waals surface area contributed by atoms with Crippen LogP contribution in [0.2, 0.25) is 10.1 Å². The van der Waals surface area contributed by atoms with Crippen LogP contribution in [-0.2, 0) is 5.16 Å². The van der Waals surface area contributed by atoms with Crippen molar-refractivity contribution in [3.8, 4) is 0 Å². The minimum Gasteiger partial charge on any atom is -0.393 e. The molecule has 2 rings (SSSR count). The van der Waals surface area contributed by atoms with E-state index in [1.54, 1.807) is 0 Å². The van der Waals surface area contributed by atoms with Crippen molar-refractivity contribution < 1.29 is 0 Å². The van der Waals surface area contributed by atoms with E-state index < -0.39 is 0 Å². The SMILES string of the molecule is CC(C)(C)[Si]N1C=CC=CC1([Si]C(C)(C)C)c1ccccn1. The first-order chi connectivity index (χ1) is 10.1. The Balaban J connectivity index is 2.50. The molecule has 1 atom stereocenters. The molecule has 1 aliphatic rings. The molecular formula is C18H26N2Si2. The van der Waals surface area contributed by atoms with Gasteiger partial charge in [-0.2, -0.15) is 0 Å². The monoisotopic (exact) mass is 326 g/mol. The highest BCUT2D eigenvalue weighted by molar-refractivity contribution is 6.48. The molecule has 0 N–H and O–H groups in total. The van der Waals surface area contributed by atoms with E-state index in [1.807, 2.05) is 12.3 Å². The van der Waals surface area contributed by atoms with Gasteiger partial charge in [-0.05, 0) is 34.5 Å². The fraction of sp³-hybridized carbons (Fsp3) is 0.500. The third-order valence-corrected chi connectivity index (χ3v) is 6.57. The van der Waals surface area contributed by atoms with Crippen LogP contribution in [0.25, 0.3) is 0 Å². The Bertz CT molecular complexity index is 553. The highest BCUT2D eigenvalue weighted by Crippen LogP contribution is 2.40. The summed E-state index contributed by atoms with van der Waals surface area (Å²) in [5.41, 5.74) is 1.15. The quantitative estimate of drug-likeness (QED) is 0.766. The Morgan fingerprint density at radius 3 is 2.27 bits per heavy atom. The van der Waals surface area contributed by atoms with Gasteiger partial charge in [0.05, 0.1) is 20.4 Å². The van der Waals surface area contributed by atoms with E-state index in [0.717, 1.165) is 15.2 Å². The molecular weight excluding hydrogens is 300 g/mol. The summed E-state index contributed by atoms with van der Waals surface area (Å²) < 4.78 is 2.51. The first kappa shape index (κ1) is 17.2. The molecule has 1 aliphatic heterocycles. The molecule has 1 aromatic rings. The Hall–Kier alpha value is -1.14. The van der Waals surface area contributed by atoms with Crippen molar-refractivity contribution >= 4 is 19.2 Å². The maximum absolute atomic E-state index is 4.72. The Kier molecular flexibility index (Phi) is 4.82. The van der Waals surface area contributed by atoms with Crippen LogP contribution in [0, 0.1) is 0 Å². The average molecular weight is 327 g/mol. The highest BCUT2D eigenvalue weighted by Gasteiger charge is 2.42. The van der Waals surface area contributed by atoms with Crippen molar-refractivity contribution in [2.45, 2.75) is 56.8 Å². The van der Waals surface area contributed by atoms with Gasteiger partial charge in [0, 0.05) is 6.20 Å². The summed E-state index contributed by atoms with van der Waals surface area (Å²) in [4.78, 5) is 4.72. The summed E-state index contributed by atoms with van der Waals surface area (Å²) >= 11 is 0. The summed E-state index contributed by atoms with van der Waals surface area (Å²) in [6.07, 6.45) is 10.8. The number of nitrogens with zero attached hydrogens (tertiary/aromatic N) is 2. The zero-order valence-electron chi connectivity index (χ0n) is 14.5. The van der Waals surface area contributed by atoms with Gasteiger partial charge in [0.1, 0.15) is 0 Å². The summed E-state index contributed by atoms with van der Waals surface area (Å²) in [5.74, 6) is 0. The van der Waals surface area contributed by atoms with E-state index in [1.165, 1.54) is 0 Å². The predicted octanol–water partition coefficient (Wildman–Crippen LogP) is 4.38. The number of hydrogen-bond acceptors (Lipinski definition) is 2. The van der Waals surface area contributed by atoms with Crippen molar-refractivity contribution in [2.24, 2.45) is 0 Å². The molecule has 0 aliphatic carbocycles. The summed E-state index contributed by atoms with van der Waals surface area (Å²) in [6, 6.07) is 6.26. The highest BCUT2D eigenvalue weighted by atomic mass is 28.2. The lowest BCUT2D eigenvalue weighted by Gasteiger charge is -2.47. The molecule has 22 heavy (non-hydrogen) atoms. The van der Waals surface area contributed by atoms with Gasteiger partial charge >= 0.3 is 0 Å². The largest absolute Gasteiger partial charge is 0.393 e. The zero-order valence-corrected chi connectivity index (χ0v) is 16.5. The number of aromatic nitrogens is 1. The van der Waals surface area contributed by atoms with Crippen molar-refractivity contribution in [3.63, 3.8) is 0 Å². The molecule has 4 heteroatoms. The lowest BCUT2D eigenvalue weighted by atomic mass is 10.1. The summed E-state index contributed by atoms with van der Waals surface area (Å²) in [5, 5.41) is 0.381. The Morgan fingerprint density at radius 2 is 1.73 bits per heavy atom. The lowest BCUT2D eigenvalue weighted by molar-refractivity contribution is 0.403. The van der Waals surface area contributed by atoms with E-state index in [9.17, 15) is 0 Å². The molecule has 0 saturated carbocycles. The van der Waals surface area contributed by atoms with E-state index >= 15 is 0 Å². The van der Waals surface area contributed by atoms with Crippen LogP contribution in [0.3, 0.4) is 0 Å². The van der Waals surface area contributed by atoms with Crippen LogP contribution < -0.4 is 0 Å². The van der Waals surface area contributed by atoms with Crippen molar-refractivity contribution in [1.82, 2.24) is 9.55 Å². The summed E-state index contributed by atoms with van der Waals surface area (Å²) in [7, 11) is 1.45. The van der Waals surface area contributed by atoms with Crippen LogP contribution in [0.4, 0.5) is 0 Å². The van der Waals surface area contributed by atoms with Gasteiger partial charge < -0.3 is 4.57 Å². The second kappa shape index (κ2) is 6.16. The second-order valence-corrected chi connectivity index (χ2v) is 12.5. The second-order valence-electron chi connectivity index (χ2n) is 7.79. The van der Waals surface area contributed by atoms with Crippen LogP contribution >= 0.6 is 0 Å². The lowest BCUT2D eigenvalue weighted by Crippen LogP contribution is -2.53. The van der Waals surface area contributed by atoms with Crippen molar-refractivity contribution in [1.29, 1.82) is 0 Å². The first-order valence-electron chi connectivity index (χ1n) is 7.76. The Labute approximate surface area is 140 Å². The van der Waals surface area contributed by atoms with Crippen molar-refractivity contribution in [3.05, 3.63) is 54.5 Å². The fourth-order valence-corrected chi connectivity index (χ4v) is 5.93. The van der Waals surface area contributed by atoms with Gasteiger partial charge in [0.15, 0.2) is 9.68 Å². The number of rotatable bonds is 3. The predicted molar refractivity (Wildman–Crippen MR) is 97.0 cm³/mol. The number of pyridine rings is 1. The number of hydrogen-bond donors (Lipinski definition) is 0. The molecule has 0 spiro atoms. The summed E-state index contributed by atoms with van der Waals surface area (Å²) in [6.45, 7) is 13.9. The van der Waals surface area contributed by atoms with E-state index in [2.05, 4.69) is 82.7 Å². The molecule has 0 amide bonds. The van der Waals surface area contributed by atoms with Crippen molar-refractivity contribution in [2.75, 3.05) is 0 Å². The molecule has 1 aromatic heterocycles. The first-order valence-corrected chi connectivity index (χ1v) is 9.71. The fourth-order valence-electron chi connectivity index (χ4n) is 2.55. The maximum Gasteiger partial charge on any atom is 0.187 e. The molecule has 0 bridgehead atoms. The van der Waals surface area contributed by atoms with Crippen LogP contribution in [0.1, 0.15) is 47.2 Å². The molecule has 1 unspecified atom stereocenters. The van der Waals surface area contributed by atoms with Gasteiger partial charge in [0.2, 0.25) is 0 Å². The van der Waals surface area contributed by atoms with Gasteiger partial charge in [0.25, 0.3) is 0 Å². The minimum absolute atomic E-state index is 0.125. The normalized spacial score (nSPS) is 22.2. The molecule has 4 radical (unpaired) electrons. The van der Waals surface area contributed by atoms with E-state index in [-0.39, 0.29) is 15.2 Å². The average Bonchev–Trinajstić information content (AvgIpc) is 2.39. The van der Waals surface area contributed by atoms with Crippen LogP contribution in [-0.4, -0.2) is 28.8 Å². The van der Waals surface area contributed by atoms with Gasteiger partial charge in [-0.15, -0.1) is 0 Å². The van der Waals surface area contributed by atoms with E-state index in [4.69, 9.17) is 4.98 Å². The molecule has 116 valence electrons. The van der Waals surface area contributed by atoms with Gasteiger partial charge in [-0.25, -0.2) is 0 Å². The topological polar surface area (TPSA) is 16.1 Å². The van der Waals surface area contributed by atoms with Gasteiger partial charge in [-0.3, -0.25) is 4.98 Å². The molecule has 0 saturated heterocycles. The minimum atomic E-state index is -0.125. The van der Waals surface area contributed by atoms with Crippen LogP contribution in [0.5, 0.6) is 0 Å². The molecule has 0 fully saturated rings. The third kappa shape index (κ3) is 4.20. The third-order valence-electron chi connectivity index (χ3n) is 3.14. The molecule has 0 aromatic carbocycles. The smallest absolute Gasteiger partial charge is 0.187 e. The van der Waals surface area contributed by atoms with E-state index in [0.29, 0.717) is 9.68 Å². The standard InChI is InChI=1S/C18H26N2Si2/c1-16(2,3)21-18(15-11-7-9-13-19-15)12-8-10-14-20(18)22-17(4,5)6/h7-14H,1-6H3. The molecule has 2 heterocycles. The van der Waals surface area contributed by atoms with Gasteiger partial charge in [-0.1, -0.05) is 59.8 Å². The molecule has 2 nitrogen and oxygen atoms in total. The zero-order chi connectivity index (χ0) is 16.4. The number of allylic oxidation sites excluding steroid dienone is 2. The maximum atomic E-state index is 4.72. The van der Waals surface area contributed by atoms with Crippen LogP contribution in [0.15, 0.2) is 48.8 Å². The Morgan fingerprint density at radius 1 is 1.00 bits per heavy atom.